The van der Waals surface area contributed by atoms with Crippen LogP contribution in [-0.2, 0) is 20.1 Å². The van der Waals surface area contributed by atoms with Crippen LogP contribution in [0.2, 0.25) is 0 Å². The summed E-state index contributed by atoms with van der Waals surface area (Å²) in [5, 5.41) is 4.34. The van der Waals surface area contributed by atoms with E-state index in [1.54, 1.807) is 22.9 Å². The predicted molar refractivity (Wildman–Crippen MR) is 76.3 cm³/mol. The molecule has 1 heterocycles. The maximum Gasteiger partial charge on any atom is 0.252 e. The number of rotatable bonds is 5. The van der Waals surface area contributed by atoms with E-state index in [-0.39, 0.29) is 12.2 Å². The van der Waals surface area contributed by atoms with Gasteiger partial charge in [0.15, 0.2) is 5.75 Å². The molecule has 1 aromatic carbocycles. The number of aromatic nitrogens is 2. The van der Waals surface area contributed by atoms with Crippen LogP contribution in [0.15, 0.2) is 24.3 Å². The molecular formula is C14H18N4O2. The number of aryl methyl sites for hydroxylation is 2. The number of amides is 1. The molecule has 6 heteroatoms. The highest BCUT2D eigenvalue weighted by Crippen LogP contribution is 2.27. The Hall–Kier alpha value is -2.50. The second-order valence-corrected chi connectivity index (χ2v) is 4.48. The van der Waals surface area contributed by atoms with Crippen molar-refractivity contribution in [2.24, 2.45) is 12.8 Å². The number of hydrogen-bond donors (Lipinski definition) is 2. The number of nitrogens with zero attached hydrogens (tertiary/aromatic N) is 2. The van der Waals surface area contributed by atoms with Crippen LogP contribution in [0, 0.1) is 0 Å². The van der Waals surface area contributed by atoms with Crippen molar-refractivity contribution in [1.82, 2.24) is 9.78 Å². The first-order valence-electron chi connectivity index (χ1n) is 6.35. The molecule has 0 spiro atoms. The third kappa shape index (κ3) is 2.74. The zero-order valence-electron chi connectivity index (χ0n) is 11.6. The Balaban J connectivity index is 2.22. The number of nitrogens with two attached hydrogens (primary N) is 2. The molecule has 0 radical (unpaired) electrons. The lowest BCUT2D eigenvalue weighted by molar-refractivity contribution is 0.0996. The number of para-hydroxylation sites is 1. The van der Waals surface area contributed by atoms with Crippen molar-refractivity contribution in [2.45, 2.75) is 20.0 Å². The third-order valence-electron chi connectivity index (χ3n) is 3.06. The molecule has 0 saturated heterocycles. The van der Waals surface area contributed by atoms with Crippen molar-refractivity contribution in [3.8, 4) is 5.75 Å². The van der Waals surface area contributed by atoms with Crippen molar-refractivity contribution in [3.63, 3.8) is 0 Å². The molecule has 2 rings (SSSR count). The lowest BCUT2D eigenvalue weighted by atomic mass is 10.1. The molecular weight excluding hydrogens is 256 g/mol. The Morgan fingerprint density at radius 2 is 2.20 bits per heavy atom. The Bertz CT molecular complexity index is 634. The van der Waals surface area contributed by atoms with Gasteiger partial charge in [-0.05, 0) is 24.6 Å². The summed E-state index contributed by atoms with van der Waals surface area (Å²) in [5.74, 6) is -0.245. The summed E-state index contributed by atoms with van der Waals surface area (Å²) in [5.41, 5.74) is 13.7. The smallest absolute Gasteiger partial charge is 0.252 e. The lowest BCUT2D eigenvalue weighted by Gasteiger charge is -2.12. The number of carbonyl (C=O) groups excluding carboxylic acids is 1. The highest BCUT2D eigenvalue weighted by atomic mass is 16.5. The molecule has 0 atom stereocenters. The lowest BCUT2D eigenvalue weighted by Crippen LogP contribution is -2.14. The van der Waals surface area contributed by atoms with E-state index in [2.05, 4.69) is 5.10 Å². The molecule has 0 aliphatic rings. The fraction of sp³-hybridized carbons (Fsp3) is 0.286. The summed E-state index contributed by atoms with van der Waals surface area (Å²) in [4.78, 5) is 11.4. The number of hydrogen-bond acceptors (Lipinski definition) is 4. The Kier molecular flexibility index (Phi) is 3.93. The van der Waals surface area contributed by atoms with Crippen LogP contribution in [-0.4, -0.2) is 15.7 Å². The van der Waals surface area contributed by atoms with Crippen molar-refractivity contribution in [1.29, 1.82) is 0 Å². The Morgan fingerprint density at radius 1 is 1.45 bits per heavy atom. The zero-order chi connectivity index (χ0) is 14.7. The molecule has 2 aromatic rings. The van der Waals surface area contributed by atoms with E-state index in [0.29, 0.717) is 11.4 Å². The topological polar surface area (TPSA) is 96.2 Å². The Labute approximate surface area is 117 Å². The average molecular weight is 274 g/mol. The van der Waals surface area contributed by atoms with E-state index < -0.39 is 5.91 Å². The molecule has 0 fully saturated rings. The molecule has 20 heavy (non-hydrogen) atoms. The minimum Gasteiger partial charge on any atom is -0.484 e. The number of nitrogen functional groups attached to an aromatic ring is 1. The zero-order valence-corrected chi connectivity index (χ0v) is 11.6. The van der Waals surface area contributed by atoms with E-state index >= 15 is 0 Å². The average Bonchev–Trinajstić information content (AvgIpc) is 2.77. The van der Waals surface area contributed by atoms with Crippen molar-refractivity contribution in [2.75, 3.05) is 5.73 Å². The first kappa shape index (κ1) is 13.9. The fourth-order valence-electron chi connectivity index (χ4n) is 1.94. The van der Waals surface area contributed by atoms with Gasteiger partial charge in [0.25, 0.3) is 5.91 Å². The molecule has 0 aliphatic heterocycles. The van der Waals surface area contributed by atoms with Crippen LogP contribution >= 0.6 is 0 Å². The van der Waals surface area contributed by atoms with E-state index in [0.717, 1.165) is 17.8 Å². The largest absolute Gasteiger partial charge is 0.484 e. The molecule has 4 N–H and O–H groups in total. The number of benzene rings is 1. The first-order valence-corrected chi connectivity index (χ1v) is 6.35. The van der Waals surface area contributed by atoms with Crippen LogP contribution in [0.25, 0.3) is 0 Å². The summed E-state index contributed by atoms with van der Waals surface area (Å²) in [6.45, 7) is 2.31. The van der Waals surface area contributed by atoms with E-state index in [9.17, 15) is 4.79 Å². The van der Waals surface area contributed by atoms with Crippen LogP contribution in [0.4, 0.5) is 5.69 Å². The molecule has 0 unspecified atom stereocenters. The summed E-state index contributed by atoms with van der Waals surface area (Å²) in [6, 6.07) is 6.89. The van der Waals surface area contributed by atoms with Gasteiger partial charge in [0, 0.05) is 7.05 Å². The quantitative estimate of drug-likeness (QED) is 0.802. The number of anilines is 1. The van der Waals surface area contributed by atoms with Crippen LogP contribution < -0.4 is 16.2 Å². The van der Waals surface area contributed by atoms with Gasteiger partial charge in [-0.15, -0.1) is 0 Å². The maximum absolute atomic E-state index is 11.4. The summed E-state index contributed by atoms with van der Waals surface area (Å²) in [6.07, 6.45) is 0.855. The van der Waals surface area contributed by atoms with Crippen LogP contribution in [0.1, 0.15) is 28.7 Å². The van der Waals surface area contributed by atoms with Gasteiger partial charge in [0.2, 0.25) is 0 Å². The molecule has 1 amide bonds. The number of primary amides is 1. The SMILES string of the molecule is CCc1cc(COc2c(N)cccc2C(N)=O)n(C)n1. The molecule has 0 saturated carbocycles. The van der Waals surface area contributed by atoms with E-state index in [1.807, 2.05) is 20.0 Å². The van der Waals surface area contributed by atoms with Gasteiger partial charge in [0.1, 0.15) is 6.61 Å². The van der Waals surface area contributed by atoms with Gasteiger partial charge in [-0.25, -0.2) is 0 Å². The van der Waals surface area contributed by atoms with E-state index in [1.165, 1.54) is 0 Å². The number of ether oxygens (including phenoxy) is 1. The summed E-state index contributed by atoms with van der Waals surface area (Å²) >= 11 is 0. The fourth-order valence-corrected chi connectivity index (χ4v) is 1.94. The maximum atomic E-state index is 11.4. The highest BCUT2D eigenvalue weighted by molar-refractivity contribution is 5.97. The van der Waals surface area contributed by atoms with Crippen molar-refractivity contribution in [3.05, 3.63) is 41.2 Å². The summed E-state index contributed by atoms with van der Waals surface area (Å²) in [7, 11) is 1.85. The highest BCUT2D eigenvalue weighted by Gasteiger charge is 2.13. The minimum atomic E-state index is -0.563. The van der Waals surface area contributed by atoms with Crippen LogP contribution in [0.5, 0.6) is 5.75 Å². The van der Waals surface area contributed by atoms with Crippen molar-refractivity contribution >= 4 is 11.6 Å². The summed E-state index contributed by atoms with van der Waals surface area (Å²) < 4.78 is 7.42. The Morgan fingerprint density at radius 3 is 2.80 bits per heavy atom. The molecule has 0 aliphatic carbocycles. The first-order chi connectivity index (χ1) is 9.52. The second kappa shape index (κ2) is 5.64. The molecule has 106 valence electrons. The third-order valence-corrected chi connectivity index (χ3v) is 3.06. The van der Waals surface area contributed by atoms with Gasteiger partial charge in [0.05, 0.1) is 22.6 Å². The number of carbonyl (C=O) groups is 1. The molecule has 0 bridgehead atoms. The molecule has 1 aromatic heterocycles. The van der Waals surface area contributed by atoms with Gasteiger partial charge >= 0.3 is 0 Å². The van der Waals surface area contributed by atoms with Gasteiger partial charge in [-0.1, -0.05) is 13.0 Å². The van der Waals surface area contributed by atoms with Gasteiger partial charge < -0.3 is 16.2 Å². The monoisotopic (exact) mass is 274 g/mol. The normalized spacial score (nSPS) is 10.5. The molecule has 6 nitrogen and oxygen atoms in total. The van der Waals surface area contributed by atoms with Gasteiger partial charge in [-0.3, -0.25) is 9.48 Å². The van der Waals surface area contributed by atoms with Crippen LogP contribution in [0.3, 0.4) is 0 Å². The second-order valence-electron chi connectivity index (χ2n) is 4.48. The van der Waals surface area contributed by atoms with E-state index in [4.69, 9.17) is 16.2 Å². The standard InChI is InChI=1S/C14H18N4O2/c1-3-9-7-10(18(2)17-9)8-20-13-11(14(16)19)5-4-6-12(13)15/h4-7H,3,8,15H2,1-2H3,(H2,16,19). The van der Waals surface area contributed by atoms with Gasteiger partial charge in [-0.2, -0.15) is 5.10 Å². The minimum absolute atomic E-state index is 0.276. The van der Waals surface area contributed by atoms with Crippen molar-refractivity contribution < 1.29 is 9.53 Å². The predicted octanol–water partition coefficient (Wildman–Crippen LogP) is 1.24.